The van der Waals surface area contributed by atoms with Gasteiger partial charge in [-0.25, -0.2) is 0 Å². The highest BCUT2D eigenvalue weighted by Crippen LogP contribution is 2.24. The second-order valence-corrected chi connectivity index (χ2v) is 5.38. The molecule has 2 heterocycles. The molecule has 0 aliphatic rings. The minimum atomic E-state index is -1.03. The Morgan fingerprint density at radius 3 is 2.89 bits per heavy atom. The number of hydrogen-bond donors (Lipinski definition) is 2. The number of rotatable bonds is 6. The third kappa shape index (κ3) is 3.82. The van der Waals surface area contributed by atoms with Crippen LogP contribution >= 0.6 is 27.7 Å². The molecule has 2 aromatic heterocycles. The first-order valence-corrected chi connectivity index (χ1v) is 7.15. The Balaban J connectivity index is 1.89. The van der Waals surface area contributed by atoms with Gasteiger partial charge < -0.3 is 19.7 Å². The van der Waals surface area contributed by atoms with Crippen LogP contribution in [0.4, 0.5) is 0 Å². The molecular formula is C10H10BrN3O4S. The fourth-order valence-electron chi connectivity index (χ4n) is 1.19. The van der Waals surface area contributed by atoms with Gasteiger partial charge in [-0.2, -0.15) is 0 Å². The molecule has 0 amide bonds. The van der Waals surface area contributed by atoms with Crippen LogP contribution in [0.15, 0.2) is 25.6 Å². The zero-order valence-electron chi connectivity index (χ0n) is 9.58. The maximum atomic E-state index is 10.5. The second-order valence-electron chi connectivity index (χ2n) is 3.56. The molecule has 0 aliphatic carbocycles. The van der Waals surface area contributed by atoms with Crippen LogP contribution in [0, 0.1) is 0 Å². The molecule has 0 saturated heterocycles. The molecule has 0 saturated carbocycles. The van der Waals surface area contributed by atoms with Gasteiger partial charge in [0.2, 0.25) is 5.89 Å². The van der Waals surface area contributed by atoms with Crippen molar-refractivity contribution in [2.45, 2.75) is 11.8 Å². The number of carbonyl (C=O) groups is 1. The van der Waals surface area contributed by atoms with Crippen LogP contribution < -0.4 is 5.73 Å². The molecular weight excluding hydrogens is 338 g/mol. The molecule has 102 valence electrons. The van der Waals surface area contributed by atoms with Crippen LogP contribution in [0.2, 0.25) is 0 Å². The molecule has 0 aliphatic heterocycles. The number of furan rings is 1. The zero-order valence-corrected chi connectivity index (χ0v) is 12.0. The number of hydrogen-bond acceptors (Lipinski definition) is 7. The smallest absolute Gasteiger partial charge is 0.321 e. The number of carboxylic acids is 1. The van der Waals surface area contributed by atoms with Crippen molar-refractivity contribution < 1.29 is 18.7 Å². The number of nitrogens with two attached hydrogens (primary N) is 1. The van der Waals surface area contributed by atoms with E-state index in [1.54, 1.807) is 12.1 Å². The Morgan fingerprint density at radius 2 is 2.26 bits per heavy atom. The summed E-state index contributed by atoms with van der Waals surface area (Å²) in [6.45, 7) is 0. The van der Waals surface area contributed by atoms with Gasteiger partial charge in [-0.05, 0) is 28.1 Å². The van der Waals surface area contributed by atoms with Crippen LogP contribution in [-0.2, 0) is 10.5 Å². The summed E-state index contributed by atoms with van der Waals surface area (Å²) in [5, 5.41) is 16.3. The Bertz CT molecular complexity index is 571. The summed E-state index contributed by atoms with van der Waals surface area (Å²) in [6.07, 6.45) is 0. The van der Waals surface area contributed by atoms with Crippen LogP contribution in [0.25, 0.3) is 11.7 Å². The third-order valence-corrected chi connectivity index (χ3v) is 3.56. The molecule has 2 rings (SSSR count). The van der Waals surface area contributed by atoms with Gasteiger partial charge in [-0.1, -0.05) is 0 Å². The van der Waals surface area contributed by atoms with E-state index in [9.17, 15) is 4.79 Å². The van der Waals surface area contributed by atoms with Gasteiger partial charge in [0.05, 0.1) is 5.75 Å². The number of carboxylic acid groups (broad SMARTS) is 1. The summed E-state index contributed by atoms with van der Waals surface area (Å²) in [5.74, 6) is 0.792. The monoisotopic (exact) mass is 347 g/mol. The maximum absolute atomic E-state index is 10.5. The van der Waals surface area contributed by atoms with E-state index in [0.29, 0.717) is 22.1 Å². The van der Waals surface area contributed by atoms with Crippen molar-refractivity contribution in [2.75, 3.05) is 5.75 Å². The van der Waals surface area contributed by atoms with Crippen molar-refractivity contribution in [3.8, 4) is 11.7 Å². The zero-order chi connectivity index (χ0) is 13.8. The summed E-state index contributed by atoms with van der Waals surface area (Å²) >= 11 is 4.49. The Labute approximate surface area is 120 Å². The molecule has 0 bridgehead atoms. The molecule has 3 N–H and O–H groups in total. The van der Waals surface area contributed by atoms with E-state index in [2.05, 4.69) is 26.1 Å². The molecule has 0 radical (unpaired) electrons. The highest BCUT2D eigenvalue weighted by Gasteiger charge is 2.14. The van der Waals surface area contributed by atoms with E-state index in [-0.39, 0.29) is 11.6 Å². The summed E-state index contributed by atoms with van der Waals surface area (Å²) in [4.78, 5) is 10.5. The van der Waals surface area contributed by atoms with Gasteiger partial charge in [0.1, 0.15) is 6.04 Å². The largest absolute Gasteiger partial charge is 0.480 e. The van der Waals surface area contributed by atoms with E-state index < -0.39 is 12.0 Å². The first-order chi connectivity index (χ1) is 9.06. The lowest BCUT2D eigenvalue weighted by Crippen LogP contribution is -2.32. The van der Waals surface area contributed by atoms with Gasteiger partial charge in [0.25, 0.3) is 5.89 Å². The average Bonchev–Trinajstić information content (AvgIpc) is 2.97. The predicted molar refractivity (Wildman–Crippen MR) is 71.5 cm³/mol. The minimum absolute atomic E-state index is 0.277. The first kappa shape index (κ1) is 14.1. The number of thioether (sulfide) groups is 1. The summed E-state index contributed by atoms with van der Waals surface area (Å²) < 4.78 is 11.2. The molecule has 0 fully saturated rings. The van der Waals surface area contributed by atoms with Crippen LogP contribution in [0.5, 0.6) is 0 Å². The quantitative estimate of drug-likeness (QED) is 0.811. The summed E-state index contributed by atoms with van der Waals surface area (Å²) in [7, 11) is 0. The number of aromatic nitrogens is 2. The van der Waals surface area contributed by atoms with E-state index in [0.717, 1.165) is 0 Å². The maximum Gasteiger partial charge on any atom is 0.321 e. The molecule has 1 atom stereocenters. The SMILES string of the molecule is N[C@H](CSCc1nnc(-c2ccc(Br)o2)o1)C(=O)O. The summed E-state index contributed by atoms with van der Waals surface area (Å²) in [5.41, 5.74) is 5.37. The minimum Gasteiger partial charge on any atom is -0.480 e. The average molecular weight is 348 g/mol. The van der Waals surface area contributed by atoms with Crippen LogP contribution in [0.1, 0.15) is 5.89 Å². The number of aliphatic carboxylic acids is 1. The predicted octanol–water partition coefficient (Wildman–Crippen LogP) is 1.74. The summed E-state index contributed by atoms with van der Waals surface area (Å²) in [6, 6.07) is 2.53. The number of nitrogens with zero attached hydrogens (tertiary/aromatic N) is 2. The Kier molecular flexibility index (Phi) is 4.61. The molecule has 9 heteroatoms. The normalized spacial score (nSPS) is 12.5. The van der Waals surface area contributed by atoms with Crippen molar-refractivity contribution >= 4 is 33.7 Å². The fourth-order valence-corrected chi connectivity index (χ4v) is 2.30. The highest BCUT2D eigenvalue weighted by molar-refractivity contribution is 9.10. The van der Waals surface area contributed by atoms with Crippen LogP contribution in [-0.4, -0.2) is 33.1 Å². The fraction of sp³-hybridized carbons (Fsp3) is 0.300. The lowest BCUT2D eigenvalue weighted by atomic mass is 10.4. The van der Waals surface area contributed by atoms with Crippen molar-refractivity contribution in [1.29, 1.82) is 0 Å². The van der Waals surface area contributed by atoms with E-state index in [1.165, 1.54) is 11.8 Å². The van der Waals surface area contributed by atoms with E-state index >= 15 is 0 Å². The Hall–Kier alpha value is -1.32. The van der Waals surface area contributed by atoms with Gasteiger partial charge in [0.15, 0.2) is 10.4 Å². The van der Waals surface area contributed by atoms with Gasteiger partial charge in [-0.3, -0.25) is 4.79 Å². The molecule has 2 aromatic rings. The van der Waals surface area contributed by atoms with Crippen molar-refractivity contribution in [1.82, 2.24) is 10.2 Å². The van der Waals surface area contributed by atoms with Gasteiger partial charge in [-0.15, -0.1) is 22.0 Å². The lowest BCUT2D eigenvalue weighted by molar-refractivity contribution is -0.137. The standard InChI is InChI=1S/C10H10BrN3O4S/c11-7-2-1-6(17-7)9-14-13-8(18-9)4-19-3-5(12)10(15)16/h1-2,5H,3-4,12H2,(H,15,16)/t5-/m1/s1. The first-order valence-electron chi connectivity index (χ1n) is 5.20. The molecule has 19 heavy (non-hydrogen) atoms. The van der Waals surface area contributed by atoms with E-state index in [1.807, 2.05) is 0 Å². The van der Waals surface area contributed by atoms with E-state index in [4.69, 9.17) is 19.7 Å². The van der Waals surface area contributed by atoms with Crippen LogP contribution in [0.3, 0.4) is 0 Å². The molecule has 7 nitrogen and oxygen atoms in total. The molecule has 0 aromatic carbocycles. The highest BCUT2D eigenvalue weighted by atomic mass is 79.9. The lowest BCUT2D eigenvalue weighted by Gasteiger charge is -2.03. The molecule has 0 unspecified atom stereocenters. The second kappa shape index (κ2) is 6.22. The number of halogens is 1. The topological polar surface area (TPSA) is 115 Å². The Morgan fingerprint density at radius 1 is 1.47 bits per heavy atom. The third-order valence-electron chi connectivity index (χ3n) is 2.09. The van der Waals surface area contributed by atoms with Gasteiger partial charge in [0, 0.05) is 5.75 Å². The van der Waals surface area contributed by atoms with Crippen molar-refractivity contribution in [3.05, 3.63) is 22.7 Å². The van der Waals surface area contributed by atoms with Gasteiger partial charge >= 0.3 is 5.97 Å². The van der Waals surface area contributed by atoms with Crippen molar-refractivity contribution in [3.63, 3.8) is 0 Å². The molecule has 0 spiro atoms. The van der Waals surface area contributed by atoms with Crippen molar-refractivity contribution in [2.24, 2.45) is 5.73 Å².